The van der Waals surface area contributed by atoms with Crippen LogP contribution in [0.5, 0.6) is 0 Å². The molecule has 1 amide bonds. The number of anilines is 2. The van der Waals surface area contributed by atoms with Crippen LogP contribution in [-0.2, 0) is 9.53 Å². The number of piperidine rings is 1. The molecule has 2 N–H and O–H groups in total. The maximum absolute atomic E-state index is 12.3. The van der Waals surface area contributed by atoms with Gasteiger partial charge in [-0.25, -0.2) is 4.98 Å². The Labute approximate surface area is 169 Å². The van der Waals surface area contributed by atoms with Gasteiger partial charge in [0.05, 0.1) is 29.5 Å². The van der Waals surface area contributed by atoms with Gasteiger partial charge >= 0.3 is 0 Å². The topological polar surface area (TPSA) is 66.5 Å². The van der Waals surface area contributed by atoms with Crippen molar-refractivity contribution in [2.24, 2.45) is 0 Å². The molecule has 2 fully saturated rings. The number of morpholine rings is 1. The smallest absolute Gasteiger partial charge is 0.241 e. The highest BCUT2D eigenvalue weighted by atomic mass is 35.5. The highest BCUT2D eigenvalue weighted by molar-refractivity contribution is 7.22. The molecule has 0 aliphatic carbocycles. The van der Waals surface area contributed by atoms with Gasteiger partial charge in [0.2, 0.25) is 5.91 Å². The summed E-state index contributed by atoms with van der Waals surface area (Å²) in [5.41, 5.74) is 1.83. The molecule has 9 heteroatoms. The standard InChI is InChI=1S/C17H22N4O2S.2ClH/c22-16(14-3-1-2-6-18-14)19-12-4-5-13-15(11-12)24-17(20-13)21-7-9-23-10-8-21;;/h4-5,11,14,18H,1-3,6-10H2,(H,19,22);2*1H. The number of thiazole rings is 1. The number of hydrogen-bond acceptors (Lipinski definition) is 6. The van der Waals surface area contributed by atoms with E-state index in [2.05, 4.69) is 15.5 Å². The molecular formula is C17H24Cl2N4O2S. The van der Waals surface area contributed by atoms with Crippen LogP contribution >= 0.6 is 36.2 Å². The average Bonchev–Trinajstić information content (AvgIpc) is 3.06. The molecule has 2 aromatic rings. The van der Waals surface area contributed by atoms with Crippen LogP contribution in [0.1, 0.15) is 19.3 Å². The number of carbonyl (C=O) groups is 1. The Hall–Kier alpha value is -1.12. The minimum atomic E-state index is -0.0696. The molecule has 2 saturated heterocycles. The summed E-state index contributed by atoms with van der Waals surface area (Å²) >= 11 is 1.67. The quantitative estimate of drug-likeness (QED) is 0.801. The number of rotatable bonds is 3. The van der Waals surface area contributed by atoms with Gasteiger partial charge in [0, 0.05) is 18.8 Å². The molecule has 6 nitrogen and oxygen atoms in total. The summed E-state index contributed by atoms with van der Waals surface area (Å²) < 4.78 is 6.50. The van der Waals surface area contributed by atoms with Gasteiger partial charge in [-0.05, 0) is 37.6 Å². The van der Waals surface area contributed by atoms with Crippen molar-refractivity contribution in [1.82, 2.24) is 10.3 Å². The zero-order valence-corrected chi connectivity index (χ0v) is 16.9. The molecule has 0 spiro atoms. The predicted octanol–water partition coefficient (Wildman–Crippen LogP) is 3.06. The van der Waals surface area contributed by atoms with Crippen LogP contribution in [0.4, 0.5) is 10.8 Å². The lowest BCUT2D eigenvalue weighted by Gasteiger charge is -2.25. The van der Waals surface area contributed by atoms with E-state index in [4.69, 9.17) is 9.72 Å². The number of amides is 1. The number of benzene rings is 1. The normalized spacial score (nSPS) is 20.2. The summed E-state index contributed by atoms with van der Waals surface area (Å²) in [6.07, 6.45) is 3.18. The molecule has 0 radical (unpaired) electrons. The van der Waals surface area contributed by atoms with E-state index in [1.165, 1.54) is 0 Å². The van der Waals surface area contributed by atoms with E-state index in [9.17, 15) is 4.79 Å². The van der Waals surface area contributed by atoms with Crippen molar-refractivity contribution in [2.45, 2.75) is 25.3 Å². The number of hydrogen-bond donors (Lipinski definition) is 2. The number of halogens is 2. The zero-order chi connectivity index (χ0) is 16.4. The van der Waals surface area contributed by atoms with Crippen LogP contribution in [0.25, 0.3) is 10.2 Å². The summed E-state index contributed by atoms with van der Waals surface area (Å²) in [4.78, 5) is 19.3. The third kappa shape index (κ3) is 4.78. The van der Waals surface area contributed by atoms with Crippen molar-refractivity contribution in [3.05, 3.63) is 18.2 Å². The van der Waals surface area contributed by atoms with Crippen molar-refractivity contribution >= 4 is 63.1 Å². The third-order valence-corrected chi connectivity index (χ3v) is 5.63. The summed E-state index contributed by atoms with van der Waals surface area (Å²) in [5, 5.41) is 7.35. The summed E-state index contributed by atoms with van der Waals surface area (Å²) in [7, 11) is 0. The summed E-state index contributed by atoms with van der Waals surface area (Å²) in [5.74, 6) is 0.0620. The number of carbonyl (C=O) groups excluding carboxylic acids is 1. The van der Waals surface area contributed by atoms with Gasteiger partial charge in [-0.2, -0.15) is 0 Å². The maximum atomic E-state index is 12.3. The lowest BCUT2D eigenvalue weighted by atomic mass is 10.0. The first-order chi connectivity index (χ1) is 11.8. The molecule has 0 saturated carbocycles. The van der Waals surface area contributed by atoms with Crippen molar-refractivity contribution in [2.75, 3.05) is 43.1 Å². The van der Waals surface area contributed by atoms with Crippen LogP contribution in [0.15, 0.2) is 18.2 Å². The number of nitrogens with zero attached hydrogens (tertiary/aromatic N) is 2. The van der Waals surface area contributed by atoms with E-state index in [1.54, 1.807) is 11.3 Å². The Morgan fingerprint density at radius 3 is 2.81 bits per heavy atom. The Morgan fingerprint density at radius 1 is 1.27 bits per heavy atom. The number of aromatic nitrogens is 1. The second-order valence-corrected chi connectivity index (χ2v) is 7.28. The van der Waals surface area contributed by atoms with Crippen LogP contribution in [0.3, 0.4) is 0 Å². The Kier molecular flexibility index (Phi) is 7.91. The molecule has 26 heavy (non-hydrogen) atoms. The van der Waals surface area contributed by atoms with Crippen molar-refractivity contribution in [1.29, 1.82) is 0 Å². The molecular weight excluding hydrogens is 395 g/mol. The van der Waals surface area contributed by atoms with Crippen LogP contribution in [-0.4, -0.2) is 49.8 Å². The molecule has 1 aromatic heterocycles. The van der Waals surface area contributed by atoms with Crippen molar-refractivity contribution < 1.29 is 9.53 Å². The van der Waals surface area contributed by atoms with Gasteiger partial charge in [-0.15, -0.1) is 24.8 Å². The predicted molar refractivity (Wildman–Crippen MR) is 111 cm³/mol. The van der Waals surface area contributed by atoms with Gasteiger partial charge in [0.25, 0.3) is 0 Å². The first-order valence-corrected chi connectivity index (χ1v) is 9.39. The second kappa shape index (κ2) is 9.71. The van der Waals surface area contributed by atoms with Crippen molar-refractivity contribution in [3.63, 3.8) is 0 Å². The Balaban J connectivity index is 0.00000121. The highest BCUT2D eigenvalue weighted by Gasteiger charge is 2.21. The van der Waals surface area contributed by atoms with Crippen LogP contribution in [0, 0.1) is 0 Å². The molecule has 2 aliphatic rings. The van der Waals surface area contributed by atoms with Gasteiger partial charge in [-0.1, -0.05) is 17.8 Å². The average molecular weight is 419 g/mol. The fourth-order valence-electron chi connectivity index (χ4n) is 3.19. The van der Waals surface area contributed by atoms with Gasteiger partial charge < -0.3 is 20.3 Å². The third-order valence-electron chi connectivity index (χ3n) is 4.55. The van der Waals surface area contributed by atoms with E-state index >= 15 is 0 Å². The Morgan fingerprint density at radius 2 is 2.08 bits per heavy atom. The van der Waals surface area contributed by atoms with Crippen molar-refractivity contribution in [3.8, 4) is 0 Å². The summed E-state index contributed by atoms with van der Waals surface area (Å²) in [6, 6.07) is 5.88. The number of ether oxygens (including phenoxy) is 1. The molecule has 2 aliphatic heterocycles. The fraction of sp³-hybridized carbons (Fsp3) is 0.529. The Bertz CT molecular complexity index is 731. The molecule has 0 bridgehead atoms. The van der Waals surface area contributed by atoms with E-state index in [1.807, 2.05) is 18.2 Å². The molecule has 3 heterocycles. The fourth-order valence-corrected chi connectivity index (χ4v) is 4.24. The van der Waals surface area contributed by atoms with E-state index < -0.39 is 0 Å². The minimum Gasteiger partial charge on any atom is -0.378 e. The molecule has 1 unspecified atom stereocenters. The highest BCUT2D eigenvalue weighted by Crippen LogP contribution is 2.31. The van der Waals surface area contributed by atoms with E-state index in [-0.39, 0.29) is 36.8 Å². The molecule has 1 atom stereocenters. The monoisotopic (exact) mass is 418 g/mol. The molecule has 144 valence electrons. The van der Waals surface area contributed by atoms with Gasteiger partial charge in [-0.3, -0.25) is 4.79 Å². The number of fused-ring (bicyclic) bond motifs is 1. The maximum Gasteiger partial charge on any atom is 0.241 e. The van der Waals surface area contributed by atoms with E-state index in [0.717, 1.165) is 73.1 Å². The minimum absolute atomic E-state index is 0. The first-order valence-electron chi connectivity index (χ1n) is 8.57. The molecule has 4 rings (SSSR count). The van der Waals surface area contributed by atoms with Crippen LogP contribution < -0.4 is 15.5 Å². The zero-order valence-electron chi connectivity index (χ0n) is 14.4. The second-order valence-electron chi connectivity index (χ2n) is 6.27. The van der Waals surface area contributed by atoms with Crippen LogP contribution in [0.2, 0.25) is 0 Å². The number of nitrogens with one attached hydrogen (secondary N) is 2. The van der Waals surface area contributed by atoms with Gasteiger partial charge in [0.1, 0.15) is 0 Å². The summed E-state index contributed by atoms with van der Waals surface area (Å²) in [6.45, 7) is 4.21. The molecule has 1 aromatic carbocycles. The first kappa shape index (κ1) is 21.2. The lowest BCUT2D eigenvalue weighted by Crippen LogP contribution is -2.43. The largest absolute Gasteiger partial charge is 0.378 e. The van der Waals surface area contributed by atoms with E-state index in [0.29, 0.717) is 0 Å². The van der Waals surface area contributed by atoms with Gasteiger partial charge in [0.15, 0.2) is 5.13 Å². The SMILES string of the molecule is Cl.Cl.O=C(Nc1ccc2nc(N3CCOCC3)sc2c1)C1CCCCN1. The lowest BCUT2D eigenvalue weighted by molar-refractivity contribution is -0.118.